The standard InChI is InChI=1S/C17H24N2O4S/c20-17(14-23-15-6-2-1-3-7-15)18-10-12-19(13-11-18)24(21,22)16-8-4-5-9-16/h1-3,6-7,16H,4-5,8-14H2. The fraction of sp³-hybridized carbons (Fsp3) is 0.588. The van der Waals surface area contributed by atoms with Gasteiger partial charge in [-0.2, -0.15) is 4.31 Å². The minimum absolute atomic E-state index is 0.0145. The first-order chi connectivity index (χ1) is 11.6. The summed E-state index contributed by atoms with van der Waals surface area (Å²) >= 11 is 0. The molecule has 3 rings (SSSR count). The first-order valence-electron chi connectivity index (χ1n) is 8.52. The number of carbonyl (C=O) groups is 1. The molecule has 0 atom stereocenters. The van der Waals surface area contributed by atoms with Gasteiger partial charge in [0.25, 0.3) is 5.91 Å². The van der Waals surface area contributed by atoms with Gasteiger partial charge in [-0.05, 0) is 25.0 Å². The molecule has 1 aliphatic heterocycles. The summed E-state index contributed by atoms with van der Waals surface area (Å²) in [6, 6.07) is 9.20. The Bertz CT molecular complexity index is 648. The third kappa shape index (κ3) is 3.89. The summed E-state index contributed by atoms with van der Waals surface area (Å²) < 4.78 is 32.2. The third-order valence-electron chi connectivity index (χ3n) is 4.78. The van der Waals surface area contributed by atoms with Crippen molar-refractivity contribution in [1.29, 1.82) is 0 Å². The Morgan fingerprint density at radius 3 is 2.29 bits per heavy atom. The Balaban J connectivity index is 1.48. The molecule has 132 valence electrons. The number of hydrogen-bond acceptors (Lipinski definition) is 4. The first-order valence-corrected chi connectivity index (χ1v) is 10.0. The van der Waals surface area contributed by atoms with Gasteiger partial charge < -0.3 is 9.64 Å². The van der Waals surface area contributed by atoms with Gasteiger partial charge in [0.15, 0.2) is 6.61 Å². The van der Waals surface area contributed by atoms with E-state index in [2.05, 4.69) is 0 Å². The number of carbonyl (C=O) groups excluding carboxylic acids is 1. The number of benzene rings is 1. The summed E-state index contributed by atoms with van der Waals surface area (Å²) in [5.74, 6) is 0.560. The van der Waals surface area contributed by atoms with Crippen molar-refractivity contribution in [2.75, 3.05) is 32.8 Å². The molecule has 1 aliphatic carbocycles. The molecule has 6 nitrogen and oxygen atoms in total. The highest BCUT2D eigenvalue weighted by atomic mass is 32.2. The van der Waals surface area contributed by atoms with E-state index in [0.717, 1.165) is 25.7 Å². The molecule has 2 fully saturated rings. The molecule has 0 spiro atoms. The van der Waals surface area contributed by atoms with Crippen molar-refractivity contribution < 1.29 is 17.9 Å². The number of rotatable bonds is 5. The van der Waals surface area contributed by atoms with E-state index in [1.54, 1.807) is 21.3 Å². The summed E-state index contributed by atoms with van der Waals surface area (Å²) in [7, 11) is -3.20. The van der Waals surface area contributed by atoms with Gasteiger partial charge >= 0.3 is 0 Å². The lowest BCUT2D eigenvalue weighted by molar-refractivity contribution is -0.134. The molecule has 0 unspecified atom stereocenters. The largest absolute Gasteiger partial charge is 0.484 e. The monoisotopic (exact) mass is 352 g/mol. The van der Waals surface area contributed by atoms with E-state index in [-0.39, 0.29) is 17.8 Å². The Labute approximate surface area is 143 Å². The number of piperazine rings is 1. The molecule has 1 amide bonds. The Morgan fingerprint density at radius 2 is 1.67 bits per heavy atom. The average Bonchev–Trinajstić information content (AvgIpc) is 3.16. The summed E-state index contributed by atoms with van der Waals surface area (Å²) in [6.07, 6.45) is 3.54. The Kier molecular flexibility index (Phi) is 5.40. The van der Waals surface area contributed by atoms with Crippen LogP contribution >= 0.6 is 0 Å². The Hall–Kier alpha value is -1.60. The highest BCUT2D eigenvalue weighted by Gasteiger charge is 2.36. The molecule has 1 heterocycles. The molecule has 24 heavy (non-hydrogen) atoms. The lowest BCUT2D eigenvalue weighted by atomic mass is 10.3. The van der Waals surface area contributed by atoms with Crippen molar-refractivity contribution in [3.63, 3.8) is 0 Å². The van der Waals surface area contributed by atoms with E-state index in [4.69, 9.17) is 4.74 Å². The summed E-state index contributed by atoms with van der Waals surface area (Å²) in [6.45, 7) is 1.62. The number of nitrogens with zero attached hydrogens (tertiary/aromatic N) is 2. The van der Waals surface area contributed by atoms with E-state index in [1.165, 1.54) is 0 Å². The molecule has 1 saturated carbocycles. The quantitative estimate of drug-likeness (QED) is 0.805. The van der Waals surface area contributed by atoms with Crippen LogP contribution in [0, 0.1) is 0 Å². The van der Waals surface area contributed by atoms with E-state index < -0.39 is 10.0 Å². The van der Waals surface area contributed by atoms with E-state index in [9.17, 15) is 13.2 Å². The van der Waals surface area contributed by atoms with Gasteiger partial charge in [0.05, 0.1) is 5.25 Å². The minimum Gasteiger partial charge on any atom is -0.484 e. The van der Waals surface area contributed by atoms with Gasteiger partial charge in [0.2, 0.25) is 10.0 Å². The van der Waals surface area contributed by atoms with Gasteiger partial charge in [0.1, 0.15) is 5.75 Å². The summed E-state index contributed by atoms with van der Waals surface area (Å²) in [5.41, 5.74) is 0. The van der Waals surface area contributed by atoms with Crippen LogP contribution in [0.5, 0.6) is 5.75 Å². The zero-order valence-electron chi connectivity index (χ0n) is 13.8. The number of hydrogen-bond donors (Lipinski definition) is 0. The second kappa shape index (κ2) is 7.53. The van der Waals surface area contributed by atoms with E-state index in [1.807, 2.05) is 18.2 Å². The van der Waals surface area contributed by atoms with Gasteiger partial charge in [-0.25, -0.2) is 8.42 Å². The maximum absolute atomic E-state index is 12.6. The van der Waals surface area contributed by atoms with Crippen LogP contribution < -0.4 is 4.74 Å². The van der Waals surface area contributed by atoms with Crippen LogP contribution in [-0.4, -0.2) is 61.6 Å². The molecule has 1 aromatic carbocycles. The molecule has 0 bridgehead atoms. The summed E-state index contributed by atoms with van der Waals surface area (Å²) in [5, 5.41) is -0.221. The molecule has 0 N–H and O–H groups in total. The van der Waals surface area contributed by atoms with Crippen LogP contribution in [-0.2, 0) is 14.8 Å². The second-order valence-electron chi connectivity index (χ2n) is 6.33. The smallest absolute Gasteiger partial charge is 0.260 e. The molecule has 0 aromatic heterocycles. The maximum atomic E-state index is 12.6. The molecule has 1 saturated heterocycles. The molecule has 7 heteroatoms. The number of para-hydroxylation sites is 1. The van der Waals surface area contributed by atoms with Crippen LogP contribution in [0.15, 0.2) is 30.3 Å². The van der Waals surface area contributed by atoms with Crippen LogP contribution in [0.3, 0.4) is 0 Å². The molecular formula is C17H24N2O4S. The van der Waals surface area contributed by atoms with Crippen molar-refractivity contribution in [2.24, 2.45) is 0 Å². The predicted molar refractivity (Wildman–Crippen MR) is 91.3 cm³/mol. The van der Waals surface area contributed by atoms with Crippen molar-refractivity contribution in [3.05, 3.63) is 30.3 Å². The molecular weight excluding hydrogens is 328 g/mol. The highest BCUT2D eigenvalue weighted by Crippen LogP contribution is 2.27. The van der Waals surface area contributed by atoms with Gasteiger partial charge in [-0.1, -0.05) is 31.0 Å². The number of amides is 1. The average molecular weight is 352 g/mol. The van der Waals surface area contributed by atoms with Crippen molar-refractivity contribution in [2.45, 2.75) is 30.9 Å². The Morgan fingerprint density at radius 1 is 1.04 bits per heavy atom. The topological polar surface area (TPSA) is 66.9 Å². The van der Waals surface area contributed by atoms with Crippen LogP contribution in [0.1, 0.15) is 25.7 Å². The van der Waals surface area contributed by atoms with Gasteiger partial charge in [0, 0.05) is 26.2 Å². The predicted octanol–water partition coefficient (Wildman–Crippen LogP) is 1.48. The van der Waals surface area contributed by atoms with Crippen LogP contribution in [0.4, 0.5) is 0 Å². The van der Waals surface area contributed by atoms with Crippen LogP contribution in [0.2, 0.25) is 0 Å². The number of ether oxygens (including phenoxy) is 1. The SMILES string of the molecule is O=C(COc1ccccc1)N1CCN(S(=O)(=O)C2CCCC2)CC1. The molecule has 2 aliphatic rings. The van der Waals surface area contributed by atoms with E-state index in [0.29, 0.717) is 31.9 Å². The first kappa shape index (κ1) is 17.2. The second-order valence-corrected chi connectivity index (χ2v) is 8.55. The van der Waals surface area contributed by atoms with E-state index >= 15 is 0 Å². The number of sulfonamides is 1. The third-order valence-corrected chi connectivity index (χ3v) is 7.18. The van der Waals surface area contributed by atoms with Crippen molar-refractivity contribution in [1.82, 2.24) is 9.21 Å². The fourth-order valence-electron chi connectivity index (χ4n) is 3.34. The van der Waals surface area contributed by atoms with Gasteiger partial charge in [-0.15, -0.1) is 0 Å². The molecule has 0 radical (unpaired) electrons. The van der Waals surface area contributed by atoms with Crippen molar-refractivity contribution >= 4 is 15.9 Å². The minimum atomic E-state index is -3.20. The normalized spacial score (nSPS) is 20.2. The zero-order chi connectivity index (χ0) is 17.0. The lowest BCUT2D eigenvalue weighted by Crippen LogP contribution is -2.53. The molecule has 1 aromatic rings. The van der Waals surface area contributed by atoms with Crippen molar-refractivity contribution in [3.8, 4) is 5.75 Å². The van der Waals surface area contributed by atoms with Crippen LogP contribution in [0.25, 0.3) is 0 Å². The lowest BCUT2D eigenvalue weighted by Gasteiger charge is -2.35. The fourth-order valence-corrected chi connectivity index (χ4v) is 5.37. The summed E-state index contributed by atoms with van der Waals surface area (Å²) in [4.78, 5) is 13.9. The van der Waals surface area contributed by atoms with Gasteiger partial charge in [-0.3, -0.25) is 4.79 Å². The zero-order valence-corrected chi connectivity index (χ0v) is 14.6. The maximum Gasteiger partial charge on any atom is 0.260 e. The highest BCUT2D eigenvalue weighted by molar-refractivity contribution is 7.89.